The number of nitrogens with one attached hydrogen (secondary N) is 2. The van der Waals surface area contributed by atoms with Crippen LogP contribution in [-0.4, -0.2) is 53.0 Å². The van der Waals surface area contributed by atoms with E-state index in [0.717, 1.165) is 17.7 Å². The molecule has 0 unspecified atom stereocenters. The van der Waals surface area contributed by atoms with Crippen LogP contribution in [0.15, 0.2) is 42.5 Å². The maximum atomic E-state index is 14.7. The van der Waals surface area contributed by atoms with Gasteiger partial charge in [0.05, 0.1) is 24.8 Å². The minimum Gasteiger partial charge on any atom is -0.352 e. The molecule has 33 heavy (non-hydrogen) atoms. The van der Waals surface area contributed by atoms with Gasteiger partial charge in [-0.3, -0.25) is 9.59 Å². The highest BCUT2D eigenvalue weighted by atomic mass is 19.1. The lowest BCUT2D eigenvalue weighted by Gasteiger charge is -2.26. The molecule has 1 aromatic carbocycles. The van der Waals surface area contributed by atoms with Gasteiger partial charge in [0.25, 0.3) is 0 Å². The number of aromatic nitrogens is 1. The molecule has 2 heterocycles. The second kappa shape index (κ2) is 9.51. The SMILES string of the molecule is NC(=O)NCC(=O)N1C[C@H](F)C[C@H]1C(=O)N[C@@H](c1ccccc1)c1ccc(C2CC2)c(F)n1. The van der Waals surface area contributed by atoms with Crippen molar-refractivity contribution >= 4 is 17.8 Å². The Hall–Kier alpha value is -3.56. The van der Waals surface area contributed by atoms with Crippen molar-refractivity contribution in [3.8, 4) is 0 Å². The van der Waals surface area contributed by atoms with E-state index in [9.17, 15) is 23.2 Å². The molecule has 3 atom stereocenters. The Bertz CT molecular complexity index is 1050. The van der Waals surface area contributed by atoms with Gasteiger partial charge in [-0.05, 0) is 30.4 Å². The number of hydrogen-bond acceptors (Lipinski definition) is 4. The van der Waals surface area contributed by atoms with E-state index >= 15 is 0 Å². The Morgan fingerprint density at radius 1 is 1.15 bits per heavy atom. The third kappa shape index (κ3) is 5.27. The highest BCUT2D eigenvalue weighted by Gasteiger charge is 2.40. The summed E-state index contributed by atoms with van der Waals surface area (Å²) in [5.41, 5.74) is 6.52. The minimum atomic E-state index is -1.39. The number of primary amides is 1. The molecule has 1 aliphatic carbocycles. The number of hydrogen-bond donors (Lipinski definition) is 3. The Balaban J connectivity index is 1.57. The Morgan fingerprint density at radius 2 is 1.88 bits per heavy atom. The van der Waals surface area contributed by atoms with E-state index in [0.29, 0.717) is 16.8 Å². The Labute approximate surface area is 189 Å². The molecule has 2 aliphatic rings. The van der Waals surface area contributed by atoms with Crippen LogP contribution in [0.4, 0.5) is 13.6 Å². The molecule has 174 valence electrons. The van der Waals surface area contributed by atoms with Crippen molar-refractivity contribution in [2.75, 3.05) is 13.1 Å². The average molecular weight is 457 g/mol. The molecule has 4 rings (SSSR count). The van der Waals surface area contributed by atoms with Gasteiger partial charge in [-0.2, -0.15) is 4.39 Å². The Kier molecular flexibility index (Phi) is 6.52. The normalized spacial score (nSPS) is 20.8. The molecule has 2 fully saturated rings. The van der Waals surface area contributed by atoms with Crippen LogP contribution in [0.25, 0.3) is 0 Å². The molecule has 1 aromatic heterocycles. The van der Waals surface area contributed by atoms with E-state index in [-0.39, 0.29) is 18.9 Å². The number of urea groups is 1. The highest BCUT2D eigenvalue weighted by molar-refractivity contribution is 5.90. The van der Waals surface area contributed by atoms with Gasteiger partial charge >= 0.3 is 6.03 Å². The van der Waals surface area contributed by atoms with Gasteiger partial charge in [-0.25, -0.2) is 14.2 Å². The molecule has 2 aromatic rings. The van der Waals surface area contributed by atoms with Crippen molar-refractivity contribution in [1.82, 2.24) is 20.5 Å². The van der Waals surface area contributed by atoms with Crippen molar-refractivity contribution in [3.05, 3.63) is 65.2 Å². The third-order valence-corrected chi connectivity index (χ3v) is 5.92. The van der Waals surface area contributed by atoms with Gasteiger partial charge in [0.2, 0.25) is 17.8 Å². The summed E-state index contributed by atoms with van der Waals surface area (Å²) in [5, 5.41) is 4.97. The zero-order valence-corrected chi connectivity index (χ0v) is 17.8. The summed E-state index contributed by atoms with van der Waals surface area (Å²) >= 11 is 0. The summed E-state index contributed by atoms with van der Waals surface area (Å²) in [6.45, 7) is -0.709. The van der Waals surface area contributed by atoms with Crippen molar-refractivity contribution in [1.29, 1.82) is 0 Å². The number of nitrogens with zero attached hydrogens (tertiary/aromatic N) is 2. The van der Waals surface area contributed by atoms with Gasteiger partial charge in [-0.1, -0.05) is 36.4 Å². The summed E-state index contributed by atoms with van der Waals surface area (Å²) in [7, 11) is 0. The van der Waals surface area contributed by atoms with Gasteiger partial charge in [0.1, 0.15) is 12.2 Å². The maximum Gasteiger partial charge on any atom is 0.312 e. The maximum absolute atomic E-state index is 14.7. The summed E-state index contributed by atoms with van der Waals surface area (Å²) in [6, 6.07) is 9.51. The van der Waals surface area contributed by atoms with E-state index in [1.165, 1.54) is 0 Å². The molecule has 0 bridgehead atoms. The van der Waals surface area contributed by atoms with Crippen molar-refractivity contribution in [3.63, 3.8) is 0 Å². The van der Waals surface area contributed by atoms with Crippen molar-refractivity contribution in [2.45, 2.75) is 43.4 Å². The number of carbonyl (C=O) groups is 3. The largest absolute Gasteiger partial charge is 0.352 e. The number of alkyl halides is 1. The first-order chi connectivity index (χ1) is 15.8. The van der Waals surface area contributed by atoms with Crippen LogP contribution >= 0.6 is 0 Å². The fraction of sp³-hybridized carbons (Fsp3) is 0.391. The first-order valence-electron chi connectivity index (χ1n) is 10.8. The van der Waals surface area contributed by atoms with Gasteiger partial charge in [0.15, 0.2) is 0 Å². The van der Waals surface area contributed by atoms with Crippen LogP contribution in [0.2, 0.25) is 0 Å². The van der Waals surface area contributed by atoms with Crippen molar-refractivity contribution < 1.29 is 23.2 Å². The lowest BCUT2D eigenvalue weighted by molar-refractivity contribution is -0.137. The summed E-state index contributed by atoms with van der Waals surface area (Å²) in [4.78, 5) is 41.7. The third-order valence-electron chi connectivity index (χ3n) is 5.92. The first kappa shape index (κ1) is 22.6. The van der Waals surface area contributed by atoms with Crippen molar-refractivity contribution in [2.24, 2.45) is 5.73 Å². The van der Waals surface area contributed by atoms with Gasteiger partial charge in [-0.15, -0.1) is 0 Å². The number of rotatable bonds is 7. The second-order valence-electron chi connectivity index (χ2n) is 8.36. The number of amides is 4. The van der Waals surface area contributed by atoms with E-state index in [1.54, 1.807) is 36.4 Å². The Morgan fingerprint density at radius 3 is 2.52 bits per heavy atom. The number of carbonyl (C=O) groups excluding carboxylic acids is 3. The number of pyridine rings is 1. The van der Waals surface area contributed by atoms with E-state index in [4.69, 9.17) is 5.73 Å². The number of likely N-dealkylation sites (tertiary alicyclic amines) is 1. The summed E-state index contributed by atoms with van der Waals surface area (Å²) in [5.74, 6) is -1.60. The molecule has 4 N–H and O–H groups in total. The first-order valence-corrected chi connectivity index (χ1v) is 10.8. The predicted octanol–water partition coefficient (Wildman–Crippen LogP) is 1.91. The quantitative estimate of drug-likeness (QED) is 0.551. The van der Waals surface area contributed by atoms with Crippen LogP contribution in [0.1, 0.15) is 48.0 Å². The fourth-order valence-electron chi connectivity index (χ4n) is 4.10. The smallest absolute Gasteiger partial charge is 0.312 e. The monoisotopic (exact) mass is 457 g/mol. The predicted molar refractivity (Wildman–Crippen MR) is 115 cm³/mol. The van der Waals surface area contributed by atoms with Crippen LogP contribution < -0.4 is 16.4 Å². The summed E-state index contributed by atoms with van der Waals surface area (Å²) < 4.78 is 28.8. The molecule has 1 saturated carbocycles. The fourth-order valence-corrected chi connectivity index (χ4v) is 4.10. The molecular formula is C23H25F2N5O3. The number of nitrogens with two attached hydrogens (primary N) is 1. The molecular weight excluding hydrogens is 432 g/mol. The van der Waals surface area contributed by atoms with E-state index in [1.807, 2.05) is 6.07 Å². The van der Waals surface area contributed by atoms with Crippen LogP contribution in [0.5, 0.6) is 0 Å². The standard InChI is InChI=1S/C23H25F2N5O3/c24-15-10-18(30(12-15)19(31)11-27-23(26)33)22(32)29-20(14-4-2-1-3-5-14)17-9-8-16(13-6-7-13)21(25)28-17/h1-5,8-9,13,15,18,20H,6-7,10-12H2,(H,29,32)(H3,26,27,33)/t15-,18+,20+/m1/s1. The zero-order valence-electron chi connectivity index (χ0n) is 17.8. The van der Waals surface area contributed by atoms with E-state index < -0.39 is 48.6 Å². The molecule has 8 nitrogen and oxygen atoms in total. The molecule has 0 radical (unpaired) electrons. The zero-order chi connectivity index (χ0) is 23.5. The topological polar surface area (TPSA) is 117 Å². The van der Waals surface area contributed by atoms with Crippen LogP contribution in [-0.2, 0) is 9.59 Å². The molecule has 0 spiro atoms. The lowest BCUT2D eigenvalue weighted by atomic mass is 10.0. The molecule has 1 saturated heterocycles. The average Bonchev–Trinajstić information content (AvgIpc) is 3.56. The van der Waals surface area contributed by atoms with Crippen LogP contribution in [0, 0.1) is 5.95 Å². The minimum absolute atomic E-state index is 0.182. The van der Waals surface area contributed by atoms with Gasteiger partial charge in [0, 0.05) is 12.0 Å². The number of benzene rings is 1. The second-order valence-corrected chi connectivity index (χ2v) is 8.36. The highest BCUT2D eigenvalue weighted by Crippen LogP contribution is 2.41. The summed E-state index contributed by atoms with van der Waals surface area (Å²) in [6.07, 6.45) is 0.286. The molecule has 1 aliphatic heterocycles. The molecule has 10 heteroatoms. The number of halogens is 2. The molecule has 4 amide bonds. The van der Waals surface area contributed by atoms with Gasteiger partial charge < -0.3 is 21.3 Å². The lowest BCUT2D eigenvalue weighted by Crippen LogP contribution is -2.50. The van der Waals surface area contributed by atoms with Crippen LogP contribution in [0.3, 0.4) is 0 Å². The van der Waals surface area contributed by atoms with E-state index in [2.05, 4.69) is 15.6 Å².